The van der Waals surface area contributed by atoms with Gasteiger partial charge in [-0.25, -0.2) is 0 Å². The fourth-order valence-corrected chi connectivity index (χ4v) is 2.16. The lowest BCUT2D eigenvalue weighted by Gasteiger charge is -2.19. The van der Waals surface area contributed by atoms with Gasteiger partial charge in [0.2, 0.25) is 0 Å². The number of aryl methyl sites for hydroxylation is 1. The first kappa shape index (κ1) is 13.2. The van der Waals surface area contributed by atoms with Gasteiger partial charge in [0.25, 0.3) is 0 Å². The minimum Gasteiger partial charge on any atom is -0.388 e. The van der Waals surface area contributed by atoms with Gasteiger partial charge in [-0.15, -0.1) is 0 Å². The number of hydrogen-bond donors (Lipinski definition) is 1. The van der Waals surface area contributed by atoms with Crippen molar-refractivity contribution in [3.05, 3.63) is 35.4 Å². The molecule has 2 atom stereocenters. The van der Waals surface area contributed by atoms with Crippen LogP contribution in [-0.4, -0.2) is 5.11 Å². The van der Waals surface area contributed by atoms with Gasteiger partial charge in [-0.3, -0.25) is 0 Å². The largest absolute Gasteiger partial charge is 0.388 e. The van der Waals surface area contributed by atoms with Crippen molar-refractivity contribution in [2.75, 3.05) is 0 Å². The highest BCUT2D eigenvalue weighted by molar-refractivity contribution is 5.25. The van der Waals surface area contributed by atoms with Crippen molar-refractivity contribution < 1.29 is 5.11 Å². The molecule has 0 aliphatic carbocycles. The van der Waals surface area contributed by atoms with Gasteiger partial charge in [0.05, 0.1) is 6.10 Å². The van der Waals surface area contributed by atoms with Gasteiger partial charge in [-0.1, -0.05) is 57.9 Å². The normalized spacial score (nSPS) is 14.8. The molecule has 0 amide bonds. The van der Waals surface area contributed by atoms with Crippen LogP contribution in [0.15, 0.2) is 24.3 Å². The topological polar surface area (TPSA) is 20.2 Å². The van der Waals surface area contributed by atoms with E-state index in [1.54, 1.807) is 0 Å². The van der Waals surface area contributed by atoms with Gasteiger partial charge in [-0.2, -0.15) is 0 Å². The minimum atomic E-state index is -0.309. The predicted molar refractivity (Wildman–Crippen MR) is 69.5 cm³/mol. The molecule has 0 aliphatic heterocycles. The number of aliphatic hydroxyl groups excluding tert-OH is 1. The van der Waals surface area contributed by atoms with E-state index in [0.717, 1.165) is 31.2 Å². The third-order valence-corrected chi connectivity index (χ3v) is 3.11. The highest BCUT2D eigenvalue weighted by Crippen LogP contribution is 2.26. The molecule has 0 aliphatic rings. The predicted octanol–water partition coefficient (Wildman–Crippen LogP) is 4.11. The maximum absolute atomic E-state index is 10.2. The van der Waals surface area contributed by atoms with Crippen LogP contribution in [0.25, 0.3) is 0 Å². The lowest BCUT2D eigenvalue weighted by molar-refractivity contribution is 0.112. The van der Waals surface area contributed by atoms with E-state index in [2.05, 4.69) is 39.0 Å². The average molecular weight is 220 g/mol. The Kier molecular flexibility index (Phi) is 5.54. The van der Waals surface area contributed by atoms with Crippen LogP contribution in [0.3, 0.4) is 0 Å². The first-order valence-corrected chi connectivity index (χ1v) is 6.45. The highest BCUT2D eigenvalue weighted by Gasteiger charge is 2.15. The molecule has 0 fully saturated rings. The van der Waals surface area contributed by atoms with E-state index in [9.17, 15) is 5.11 Å². The van der Waals surface area contributed by atoms with Crippen molar-refractivity contribution in [2.45, 2.75) is 52.6 Å². The molecule has 16 heavy (non-hydrogen) atoms. The molecule has 0 radical (unpaired) electrons. The van der Waals surface area contributed by atoms with Crippen molar-refractivity contribution in [1.82, 2.24) is 0 Å². The molecule has 0 spiro atoms. The Bertz CT molecular complexity index is 306. The van der Waals surface area contributed by atoms with Crippen molar-refractivity contribution in [1.29, 1.82) is 0 Å². The average Bonchev–Trinajstić information content (AvgIpc) is 2.29. The van der Waals surface area contributed by atoms with E-state index in [0.29, 0.717) is 5.92 Å². The lowest BCUT2D eigenvalue weighted by Crippen LogP contribution is -2.09. The number of aliphatic hydroxyl groups is 1. The van der Waals surface area contributed by atoms with Crippen molar-refractivity contribution in [3.8, 4) is 0 Å². The van der Waals surface area contributed by atoms with Crippen LogP contribution in [0.4, 0.5) is 0 Å². The van der Waals surface area contributed by atoms with Crippen LogP contribution < -0.4 is 0 Å². The standard InChI is InChI=1S/C15H24O/c1-4-7-12(3)15(16)14-10-6-9-13(11-14)8-5-2/h6,9-12,15-16H,4-5,7-8H2,1-3H3. The molecule has 90 valence electrons. The Hall–Kier alpha value is -0.820. The van der Waals surface area contributed by atoms with E-state index in [1.807, 2.05) is 6.07 Å². The summed E-state index contributed by atoms with van der Waals surface area (Å²) in [5, 5.41) is 10.2. The number of hydrogen-bond acceptors (Lipinski definition) is 1. The molecule has 1 rings (SSSR count). The van der Waals surface area contributed by atoms with Crippen molar-refractivity contribution >= 4 is 0 Å². The molecule has 1 heteroatoms. The van der Waals surface area contributed by atoms with Crippen molar-refractivity contribution in [2.24, 2.45) is 5.92 Å². The maximum Gasteiger partial charge on any atom is 0.0815 e. The summed E-state index contributed by atoms with van der Waals surface area (Å²) >= 11 is 0. The summed E-state index contributed by atoms with van der Waals surface area (Å²) in [7, 11) is 0. The van der Waals surface area contributed by atoms with Gasteiger partial charge >= 0.3 is 0 Å². The van der Waals surface area contributed by atoms with Crippen LogP contribution >= 0.6 is 0 Å². The molecule has 1 nitrogen and oxygen atoms in total. The van der Waals surface area contributed by atoms with Crippen molar-refractivity contribution in [3.63, 3.8) is 0 Å². The maximum atomic E-state index is 10.2. The van der Waals surface area contributed by atoms with E-state index < -0.39 is 0 Å². The van der Waals surface area contributed by atoms with E-state index in [1.165, 1.54) is 5.56 Å². The molecule has 1 N–H and O–H groups in total. The Labute approximate surface area is 99.5 Å². The van der Waals surface area contributed by atoms with Gasteiger partial charge in [-0.05, 0) is 29.9 Å². The molecule has 0 heterocycles. The highest BCUT2D eigenvalue weighted by atomic mass is 16.3. The zero-order valence-corrected chi connectivity index (χ0v) is 10.7. The van der Waals surface area contributed by atoms with E-state index in [4.69, 9.17) is 0 Å². The Morgan fingerprint density at radius 1 is 1.19 bits per heavy atom. The fourth-order valence-electron chi connectivity index (χ4n) is 2.16. The summed E-state index contributed by atoms with van der Waals surface area (Å²) in [5.41, 5.74) is 2.41. The Balaban J connectivity index is 2.74. The second-order valence-corrected chi connectivity index (χ2v) is 4.71. The van der Waals surface area contributed by atoms with Crippen LogP contribution in [0, 0.1) is 5.92 Å². The second kappa shape index (κ2) is 6.70. The van der Waals surface area contributed by atoms with Gasteiger partial charge in [0.1, 0.15) is 0 Å². The molecular formula is C15H24O. The first-order chi connectivity index (χ1) is 7.69. The second-order valence-electron chi connectivity index (χ2n) is 4.71. The molecule has 2 unspecified atom stereocenters. The number of benzene rings is 1. The monoisotopic (exact) mass is 220 g/mol. The van der Waals surface area contributed by atoms with Gasteiger partial charge < -0.3 is 5.11 Å². The molecule has 1 aromatic carbocycles. The lowest BCUT2D eigenvalue weighted by atomic mass is 9.92. The smallest absolute Gasteiger partial charge is 0.0815 e. The molecule has 0 bridgehead atoms. The SMILES string of the molecule is CCCc1cccc(C(O)C(C)CCC)c1. The van der Waals surface area contributed by atoms with E-state index >= 15 is 0 Å². The quantitative estimate of drug-likeness (QED) is 0.765. The first-order valence-electron chi connectivity index (χ1n) is 6.45. The third-order valence-electron chi connectivity index (χ3n) is 3.11. The fraction of sp³-hybridized carbons (Fsp3) is 0.600. The number of rotatable bonds is 6. The van der Waals surface area contributed by atoms with Crippen LogP contribution in [-0.2, 0) is 6.42 Å². The summed E-state index contributed by atoms with van der Waals surface area (Å²) in [6, 6.07) is 8.39. The van der Waals surface area contributed by atoms with Crippen LogP contribution in [0.5, 0.6) is 0 Å². The Morgan fingerprint density at radius 3 is 2.56 bits per heavy atom. The van der Waals surface area contributed by atoms with Gasteiger partial charge in [0.15, 0.2) is 0 Å². The van der Waals surface area contributed by atoms with Crippen LogP contribution in [0.1, 0.15) is 57.3 Å². The Morgan fingerprint density at radius 2 is 1.94 bits per heavy atom. The molecular weight excluding hydrogens is 196 g/mol. The van der Waals surface area contributed by atoms with Crippen LogP contribution in [0.2, 0.25) is 0 Å². The zero-order chi connectivity index (χ0) is 12.0. The summed E-state index contributed by atoms with van der Waals surface area (Å²) in [5.74, 6) is 0.349. The third kappa shape index (κ3) is 3.64. The summed E-state index contributed by atoms with van der Waals surface area (Å²) in [4.78, 5) is 0. The molecule has 0 saturated carbocycles. The minimum absolute atomic E-state index is 0.309. The molecule has 1 aromatic rings. The summed E-state index contributed by atoms with van der Waals surface area (Å²) in [6.07, 6.45) is 4.16. The summed E-state index contributed by atoms with van der Waals surface area (Å²) < 4.78 is 0. The molecule has 0 aromatic heterocycles. The summed E-state index contributed by atoms with van der Waals surface area (Å²) in [6.45, 7) is 6.47. The van der Waals surface area contributed by atoms with Gasteiger partial charge in [0, 0.05) is 0 Å². The zero-order valence-electron chi connectivity index (χ0n) is 10.7. The molecule has 0 saturated heterocycles. The van der Waals surface area contributed by atoms with E-state index in [-0.39, 0.29) is 6.10 Å².